The first kappa shape index (κ1) is 15.8. The van der Waals surface area contributed by atoms with Crippen LogP contribution >= 0.6 is 0 Å². The van der Waals surface area contributed by atoms with Crippen LogP contribution in [0, 0.1) is 5.92 Å². The molecule has 3 heterocycles. The Hall–Kier alpha value is -2.04. The molecular weight excluding hydrogens is 309 g/mol. The van der Waals surface area contributed by atoms with E-state index in [2.05, 4.69) is 15.0 Å². The van der Waals surface area contributed by atoms with Gasteiger partial charge < -0.3 is 20.7 Å². The Morgan fingerprint density at radius 3 is 2.83 bits per heavy atom. The van der Waals surface area contributed by atoms with Crippen LogP contribution in [0.15, 0.2) is 11.1 Å². The third kappa shape index (κ3) is 2.06. The topological polar surface area (TPSA) is 139 Å². The van der Waals surface area contributed by atoms with Gasteiger partial charge in [0.2, 0.25) is 5.95 Å². The summed E-state index contributed by atoms with van der Waals surface area (Å²) < 4.78 is 20.6. The lowest BCUT2D eigenvalue weighted by Gasteiger charge is -2.31. The van der Waals surface area contributed by atoms with Crippen molar-refractivity contribution in [2.75, 3.05) is 19.0 Å². The number of aliphatic hydroxyl groups excluding tert-OH is 2. The molecule has 10 heteroatoms. The largest absolute Gasteiger partial charge is 0.393 e. The Morgan fingerprint density at radius 1 is 1.57 bits per heavy atom. The van der Waals surface area contributed by atoms with E-state index in [1.165, 1.54) is 24.7 Å². The molecule has 1 fully saturated rings. The number of H-pyrrole nitrogens is 1. The summed E-state index contributed by atoms with van der Waals surface area (Å²) in [6.45, 7) is 1.68. The van der Waals surface area contributed by atoms with Crippen molar-refractivity contribution in [1.82, 2.24) is 19.5 Å². The van der Waals surface area contributed by atoms with E-state index in [0.29, 0.717) is 0 Å². The maximum atomic E-state index is 13.4. The number of hydrogen-bond donors (Lipinski definition) is 4. The Bertz CT molecular complexity index is 807. The predicted octanol–water partition coefficient (Wildman–Crippen LogP) is -0.898. The molecule has 1 saturated heterocycles. The number of halogens is 1. The van der Waals surface area contributed by atoms with Crippen molar-refractivity contribution < 1.29 is 19.3 Å². The summed E-state index contributed by atoms with van der Waals surface area (Å²) in [4.78, 5) is 22.2. The molecule has 126 valence electrons. The van der Waals surface area contributed by atoms with Gasteiger partial charge in [0.15, 0.2) is 16.9 Å². The fraction of sp³-hybridized carbons (Fsp3) is 0.615. The lowest BCUT2D eigenvalue weighted by molar-refractivity contribution is -0.169. The van der Waals surface area contributed by atoms with Gasteiger partial charge in [-0.3, -0.25) is 18.7 Å². The van der Waals surface area contributed by atoms with Gasteiger partial charge in [-0.1, -0.05) is 0 Å². The summed E-state index contributed by atoms with van der Waals surface area (Å²) in [5, 5.41) is 20.1. The maximum Gasteiger partial charge on any atom is 0.280 e. The van der Waals surface area contributed by atoms with Gasteiger partial charge in [0, 0.05) is 5.92 Å². The van der Waals surface area contributed by atoms with Gasteiger partial charge in [-0.15, -0.1) is 0 Å². The SMILES string of the molecule is CC1(CO)OC(C)(n2cnc3c(=O)[nH]c(N)nc32)C(O)C1CF. The first-order valence-corrected chi connectivity index (χ1v) is 7.05. The number of nitrogens with two attached hydrogens (primary N) is 1. The Morgan fingerprint density at radius 2 is 2.26 bits per heavy atom. The van der Waals surface area contributed by atoms with Crippen LogP contribution in [-0.2, 0) is 10.5 Å². The third-order valence-corrected chi connectivity index (χ3v) is 4.54. The van der Waals surface area contributed by atoms with E-state index >= 15 is 0 Å². The van der Waals surface area contributed by atoms with E-state index in [-0.39, 0.29) is 17.1 Å². The van der Waals surface area contributed by atoms with Gasteiger partial charge in [0.05, 0.1) is 25.2 Å². The fourth-order valence-electron chi connectivity index (χ4n) is 3.16. The predicted molar refractivity (Wildman–Crippen MR) is 78.3 cm³/mol. The first-order valence-electron chi connectivity index (χ1n) is 7.05. The number of hydrogen-bond acceptors (Lipinski definition) is 7. The van der Waals surface area contributed by atoms with Crippen molar-refractivity contribution in [3.8, 4) is 0 Å². The Kier molecular flexibility index (Phi) is 3.43. The van der Waals surface area contributed by atoms with Gasteiger partial charge in [-0.2, -0.15) is 4.98 Å². The number of alkyl halides is 1. The fourth-order valence-corrected chi connectivity index (χ4v) is 3.16. The molecule has 1 aliphatic heterocycles. The number of aliphatic hydroxyl groups is 2. The van der Waals surface area contributed by atoms with E-state index in [9.17, 15) is 19.4 Å². The monoisotopic (exact) mass is 327 g/mol. The second-order valence-corrected chi connectivity index (χ2v) is 6.07. The van der Waals surface area contributed by atoms with Crippen LogP contribution in [0.4, 0.5) is 10.3 Å². The molecule has 3 rings (SSSR count). The van der Waals surface area contributed by atoms with E-state index in [0.717, 1.165) is 0 Å². The van der Waals surface area contributed by atoms with Crippen LogP contribution in [0.1, 0.15) is 13.8 Å². The van der Waals surface area contributed by atoms with Gasteiger partial charge in [-0.05, 0) is 13.8 Å². The smallest absolute Gasteiger partial charge is 0.280 e. The summed E-state index contributed by atoms with van der Waals surface area (Å²) in [6, 6.07) is 0. The summed E-state index contributed by atoms with van der Waals surface area (Å²) in [5.41, 5.74) is 2.39. The number of aromatic nitrogens is 4. The van der Waals surface area contributed by atoms with Crippen LogP contribution in [-0.4, -0.2) is 54.7 Å². The third-order valence-electron chi connectivity index (χ3n) is 4.54. The normalized spacial score (nSPS) is 34.3. The molecular formula is C13H18FN5O4. The number of aromatic amines is 1. The lowest BCUT2D eigenvalue weighted by Crippen LogP contribution is -2.42. The van der Waals surface area contributed by atoms with Gasteiger partial charge in [0.25, 0.3) is 5.56 Å². The zero-order chi connectivity index (χ0) is 17.0. The van der Waals surface area contributed by atoms with Gasteiger partial charge >= 0.3 is 0 Å². The molecule has 9 nitrogen and oxygen atoms in total. The van der Waals surface area contributed by atoms with Gasteiger partial charge in [-0.25, -0.2) is 4.98 Å². The van der Waals surface area contributed by atoms with Gasteiger partial charge in [0.1, 0.15) is 6.10 Å². The zero-order valence-electron chi connectivity index (χ0n) is 12.7. The van der Waals surface area contributed by atoms with E-state index in [1.807, 2.05) is 0 Å². The molecule has 0 amide bonds. The van der Waals surface area contributed by atoms with Crippen LogP contribution < -0.4 is 11.3 Å². The van der Waals surface area contributed by atoms with Crippen LogP contribution in [0.5, 0.6) is 0 Å². The average Bonchev–Trinajstić information content (AvgIpc) is 2.99. The number of fused-ring (bicyclic) bond motifs is 1. The number of nitrogens with zero attached hydrogens (tertiary/aromatic N) is 3. The minimum atomic E-state index is -1.46. The number of ether oxygens (including phenoxy) is 1. The lowest BCUT2D eigenvalue weighted by atomic mass is 9.86. The first-order chi connectivity index (χ1) is 10.8. The zero-order valence-corrected chi connectivity index (χ0v) is 12.7. The highest BCUT2D eigenvalue weighted by molar-refractivity contribution is 5.70. The summed E-state index contributed by atoms with van der Waals surface area (Å²) in [7, 11) is 0. The highest BCUT2D eigenvalue weighted by Crippen LogP contribution is 2.46. The average molecular weight is 327 g/mol. The number of anilines is 1. The van der Waals surface area contributed by atoms with Crippen molar-refractivity contribution in [1.29, 1.82) is 0 Å². The molecule has 0 bridgehead atoms. The van der Waals surface area contributed by atoms with Crippen LogP contribution in [0.3, 0.4) is 0 Å². The molecule has 0 radical (unpaired) electrons. The Labute approximate surface area is 129 Å². The number of rotatable bonds is 3. The molecule has 23 heavy (non-hydrogen) atoms. The molecule has 4 unspecified atom stereocenters. The van der Waals surface area contributed by atoms with E-state index < -0.39 is 42.2 Å². The molecule has 1 aliphatic rings. The molecule has 2 aromatic heterocycles. The van der Waals surface area contributed by atoms with Crippen LogP contribution in [0.2, 0.25) is 0 Å². The van der Waals surface area contributed by atoms with Crippen molar-refractivity contribution in [2.45, 2.75) is 31.3 Å². The molecule has 4 atom stereocenters. The number of nitrogens with one attached hydrogen (secondary N) is 1. The highest BCUT2D eigenvalue weighted by Gasteiger charge is 2.59. The molecule has 0 saturated carbocycles. The summed E-state index contributed by atoms with van der Waals surface area (Å²) in [6.07, 6.45) is -0.0158. The molecule has 5 N–H and O–H groups in total. The van der Waals surface area contributed by atoms with Crippen molar-refractivity contribution in [3.63, 3.8) is 0 Å². The minimum Gasteiger partial charge on any atom is -0.393 e. The molecule has 0 spiro atoms. The summed E-state index contributed by atoms with van der Waals surface area (Å²) in [5.74, 6) is -1.07. The van der Waals surface area contributed by atoms with Crippen molar-refractivity contribution >= 4 is 17.1 Å². The molecule has 0 aliphatic carbocycles. The maximum absolute atomic E-state index is 13.4. The molecule has 0 aromatic carbocycles. The summed E-state index contributed by atoms with van der Waals surface area (Å²) >= 11 is 0. The quantitative estimate of drug-likeness (QED) is 0.573. The van der Waals surface area contributed by atoms with Crippen LogP contribution in [0.25, 0.3) is 11.2 Å². The Balaban J connectivity index is 2.20. The standard InChI is InChI=1S/C13H18FN5O4/c1-12(4-20)6(3-14)8(21)13(2,23-12)19-5-16-7-9(19)17-11(15)18-10(7)22/h5-6,8,20-21H,3-4H2,1-2H3,(H3,15,17,18,22). The number of imidazole rings is 1. The number of nitrogen functional groups attached to an aromatic ring is 1. The van der Waals surface area contributed by atoms with Crippen molar-refractivity contribution in [2.24, 2.45) is 5.92 Å². The van der Waals surface area contributed by atoms with E-state index in [4.69, 9.17) is 10.5 Å². The van der Waals surface area contributed by atoms with Crippen molar-refractivity contribution in [3.05, 3.63) is 16.7 Å². The molecule has 2 aromatic rings. The second kappa shape index (κ2) is 4.98. The van der Waals surface area contributed by atoms with E-state index in [1.54, 1.807) is 0 Å². The second-order valence-electron chi connectivity index (χ2n) is 6.07. The highest BCUT2D eigenvalue weighted by atomic mass is 19.1. The minimum absolute atomic E-state index is 0.0191.